The zero-order valence-corrected chi connectivity index (χ0v) is 12.6. The molecule has 1 amide bonds. The molecule has 0 bridgehead atoms. The van der Waals surface area contributed by atoms with Gasteiger partial charge < -0.3 is 10.6 Å². The lowest BCUT2D eigenvalue weighted by Gasteiger charge is -2.30. The highest BCUT2D eigenvalue weighted by atomic mass is 35.5. The summed E-state index contributed by atoms with van der Waals surface area (Å²) in [7, 11) is 0. The summed E-state index contributed by atoms with van der Waals surface area (Å²) in [6.45, 7) is 1.89. The number of hydrogen-bond donors (Lipinski definition) is 1. The van der Waals surface area contributed by atoms with Gasteiger partial charge in [0.2, 0.25) is 5.91 Å². The molecule has 0 aromatic carbocycles. The van der Waals surface area contributed by atoms with Gasteiger partial charge in [-0.3, -0.25) is 4.79 Å². The Morgan fingerprint density at radius 1 is 1.17 bits per heavy atom. The van der Waals surface area contributed by atoms with E-state index in [2.05, 4.69) is 4.90 Å². The van der Waals surface area contributed by atoms with Crippen molar-refractivity contribution in [2.45, 2.75) is 44.6 Å². The summed E-state index contributed by atoms with van der Waals surface area (Å²) in [4.78, 5) is 14.3. The molecule has 2 rings (SSSR count). The SMILES string of the molecule is Cl.NC1CCCCC1CC(=O)N1CCCSCC1. The van der Waals surface area contributed by atoms with Crippen LogP contribution in [0.4, 0.5) is 0 Å². The zero-order chi connectivity index (χ0) is 12.1. The number of hydrogen-bond acceptors (Lipinski definition) is 3. The van der Waals surface area contributed by atoms with Gasteiger partial charge in [0.25, 0.3) is 0 Å². The van der Waals surface area contributed by atoms with E-state index in [0.717, 1.165) is 38.1 Å². The maximum absolute atomic E-state index is 12.2. The van der Waals surface area contributed by atoms with E-state index < -0.39 is 0 Å². The number of rotatable bonds is 2. The van der Waals surface area contributed by atoms with E-state index in [9.17, 15) is 4.79 Å². The first-order valence-corrected chi connectivity index (χ1v) is 8.04. The van der Waals surface area contributed by atoms with Gasteiger partial charge in [0.05, 0.1) is 0 Å². The highest BCUT2D eigenvalue weighted by Crippen LogP contribution is 2.26. The average Bonchev–Trinajstić information content (AvgIpc) is 2.61. The second-order valence-corrected chi connectivity index (χ2v) is 6.48. The Balaban J connectivity index is 0.00000162. The minimum absolute atomic E-state index is 0. The molecule has 2 N–H and O–H groups in total. The van der Waals surface area contributed by atoms with E-state index in [-0.39, 0.29) is 18.4 Å². The summed E-state index contributed by atoms with van der Waals surface area (Å²) < 4.78 is 0. The summed E-state index contributed by atoms with van der Waals surface area (Å²) in [5.74, 6) is 3.08. The van der Waals surface area contributed by atoms with E-state index in [0.29, 0.717) is 18.2 Å². The molecular weight excluding hydrogens is 268 g/mol. The summed E-state index contributed by atoms with van der Waals surface area (Å²) >= 11 is 1.96. The lowest BCUT2D eigenvalue weighted by atomic mass is 9.83. The van der Waals surface area contributed by atoms with Gasteiger partial charge in [-0.15, -0.1) is 12.4 Å². The fourth-order valence-electron chi connectivity index (χ4n) is 2.84. The van der Waals surface area contributed by atoms with Crippen LogP contribution in [0.3, 0.4) is 0 Å². The van der Waals surface area contributed by atoms with Crippen LogP contribution in [0, 0.1) is 5.92 Å². The molecule has 1 aliphatic heterocycles. The average molecular weight is 293 g/mol. The lowest BCUT2D eigenvalue weighted by Crippen LogP contribution is -2.39. The molecule has 106 valence electrons. The molecule has 18 heavy (non-hydrogen) atoms. The summed E-state index contributed by atoms with van der Waals surface area (Å²) in [6, 6.07) is 0.258. The molecule has 3 nitrogen and oxygen atoms in total. The van der Waals surface area contributed by atoms with Crippen LogP contribution in [0.2, 0.25) is 0 Å². The largest absolute Gasteiger partial charge is 0.342 e. The number of amides is 1. The van der Waals surface area contributed by atoms with Crippen molar-refractivity contribution < 1.29 is 4.79 Å². The van der Waals surface area contributed by atoms with E-state index in [1.165, 1.54) is 18.6 Å². The van der Waals surface area contributed by atoms with Gasteiger partial charge in [0.15, 0.2) is 0 Å². The van der Waals surface area contributed by atoms with Crippen LogP contribution in [0.1, 0.15) is 38.5 Å². The first kappa shape index (κ1) is 16.1. The molecule has 2 atom stereocenters. The predicted molar refractivity (Wildman–Crippen MR) is 80.3 cm³/mol. The third-order valence-corrected chi connectivity index (χ3v) is 5.03. The molecule has 2 aliphatic rings. The Morgan fingerprint density at radius 3 is 2.72 bits per heavy atom. The van der Waals surface area contributed by atoms with Crippen LogP contribution in [-0.4, -0.2) is 41.4 Å². The lowest BCUT2D eigenvalue weighted by molar-refractivity contribution is -0.132. The minimum atomic E-state index is 0. The molecule has 0 aromatic heterocycles. The van der Waals surface area contributed by atoms with Crippen LogP contribution in [0.25, 0.3) is 0 Å². The van der Waals surface area contributed by atoms with E-state index >= 15 is 0 Å². The molecular formula is C13H25ClN2OS. The minimum Gasteiger partial charge on any atom is -0.342 e. The van der Waals surface area contributed by atoms with E-state index in [4.69, 9.17) is 5.73 Å². The summed E-state index contributed by atoms with van der Waals surface area (Å²) in [6.07, 6.45) is 6.58. The monoisotopic (exact) mass is 292 g/mol. The van der Waals surface area contributed by atoms with Crippen molar-refractivity contribution in [3.8, 4) is 0 Å². The third kappa shape index (κ3) is 4.63. The molecule has 1 heterocycles. The number of nitrogens with two attached hydrogens (primary N) is 1. The molecule has 1 aliphatic carbocycles. The Hall–Kier alpha value is 0.0700. The summed E-state index contributed by atoms with van der Waals surface area (Å²) in [5, 5.41) is 0. The van der Waals surface area contributed by atoms with Crippen LogP contribution in [-0.2, 0) is 4.79 Å². The predicted octanol–water partition coefficient (Wildman–Crippen LogP) is 2.28. The van der Waals surface area contributed by atoms with Crippen molar-refractivity contribution in [3.63, 3.8) is 0 Å². The fraction of sp³-hybridized carbons (Fsp3) is 0.923. The van der Waals surface area contributed by atoms with Crippen molar-refractivity contribution in [2.75, 3.05) is 24.6 Å². The topological polar surface area (TPSA) is 46.3 Å². The highest BCUT2D eigenvalue weighted by Gasteiger charge is 2.26. The molecule has 0 aromatic rings. The molecule has 1 saturated carbocycles. The second-order valence-electron chi connectivity index (χ2n) is 5.26. The number of carbonyl (C=O) groups excluding carboxylic acids is 1. The van der Waals surface area contributed by atoms with Gasteiger partial charge in [-0.05, 0) is 30.9 Å². The smallest absolute Gasteiger partial charge is 0.222 e. The molecule has 1 saturated heterocycles. The Labute approximate surface area is 121 Å². The van der Waals surface area contributed by atoms with Gasteiger partial charge in [0, 0.05) is 31.3 Å². The molecule has 0 spiro atoms. The normalized spacial score (nSPS) is 29.3. The van der Waals surface area contributed by atoms with Gasteiger partial charge >= 0.3 is 0 Å². The fourth-order valence-corrected chi connectivity index (χ4v) is 3.73. The third-order valence-electron chi connectivity index (χ3n) is 3.98. The molecule has 2 unspecified atom stereocenters. The first-order chi connectivity index (χ1) is 8.27. The highest BCUT2D eigenvalue weighted by molar-refractivity contribution is 7.99. The van der Waals surface area contributed by atoms with Crippen molar-refractivity contribution in [1.29, 1.82) is 0 Å². The quantitative estimate of drug-likeness (QED) is 0.849. The Bertz CT molecular complexity index is 257. The van der Waals surface area contributed by atoms with Crippen LogP contribution in [0.15, 0.2) is 0 Å². The van der Waals surface area contributed by atoms with Crippen LogP contribution >= 0.6 is 24.2 Å². The van der Waals surface area contributed by atoms with Crippen molar-refractivity contribution >= 4 is 30.1 Å². The maximum Gasteiger partial charge on any atom is 0.222 e. The van der Waals surface area contributed by atoms with Gasteiger partial charge in [-0.2, -0.15) is 11.8 Å². The van der Waals surface area contributed by atoms with Gasteiger partial charge in [-0.25, -0.2) is 0 Å². The van der Waals surface area contributed by atoms with E-state index in [1.54, 1.807) is 0 Å². The number of nitrogens with zero attached hydrogens (tertiary/aromatic N) is 1. The first-order valence-electron chi connectivity index (χ1n) is 6.88. The number of carbonyl (C=O) groups is 1. The van der Waals surface area contributed by atoms with E-state index in [1.807, 2.05) is 11.8 Å². The maximum atomic E-state index is 12.2. The van der Waals surface area contributed by atoms with Crippen molar-refractivity contribution in [2.24, 2.45) is 11.7 Å². The van der Waals surface area contributed by atoms with Gasteiger partial charge in [-0.1, -0.05) is 12.8 Å². The van der Waals surface area contributed by atoms with Gasteiger partial charge in [0.1, 0.15) is 0 Å². The summed E-state index contributed by atoms with van der Waals surface area (Å²) in [5.41, 5.74) is 6.11. The standard InChI is InChI=1S/C13H24N2OS.ClH/c14-12-5-2-1-4-11(12)10-13(16)15-6-3-8-17-9-7-15;/h11-12H,1-10,14H2;1H. The number of thioether (sulfide) groups is 1. The molecule has 0 radical (unpaired) electrons. The Morgan fingerprint density at radius 2 is 1.94 bits per heavy atom. The van der Waals surface area contributed by atoms with Crippen LogP contribution in [0.5, 0.6) is 0 Å². The Kier molecular flexibility index (Phi) is 7.42. The zero-order valence-electron chi connectivity index (χ0n) is 11.0. The molecule has 5 heteroatoms. The number of halogens is 1. The second kappa shape index (κ2) is 8.28. The van der Waals surface area contributed by atoms with Crippen LogP contribution < -0.4 is 5.73 Å². The van der Waals surface area contributed by atoms with Crippen molar-refractivity contribution in [1.82, 2.24) is 4.90 Å². The van der Waals surface area contributed by atoms with Crippen molar-refractivity contribution in [3.05, 3.63) is 0 Å². The molecule has 2 fully saturated rings.